The van der Waals surface area contributed by atoms with E-state index in [1.54, 1.807) is 6.07 Å². The maximum Gasteiger partial charge on any atom is 0.231 e. The van der Waals surface area contributed by atoms with Crippen LogP contribution in [0.1, 0.15) is 42.9 Å². The van der Waals surface area contributed by atoms with Gasteiger partial charge >= 0.3 is 0 Å². The van der Waals surface area contributed by atoms with Gasteiger partial charge in [0, 0.05) is 6.61 Å². The Morgan fingerprint density at radius 1 is 1.17 bits per heavy atom. The summed E-state index contributed by atoms with van der Waals surface area (Å²) < 4.78 is 13.5. The molecule has 1 aliphatic rings. The second-order valence-electron chi connectivity index (χ2n) is 6.40. The van der Waals surface area contributed by atoms with Gasteiger partial charge in [-0.15, -0.1) is 0 Å². The fraction of sp³-hybridized carbons (Fsp3) is 0.350. The van der Waals surface area contributed by atoms with Gasteiger partial charge in [-0.05, 0) is 48.9 Å². The molecule has 4 heteroatoms. The second kappa shape index (κ2) is 7.14. The van der Waals surface area contributed by atoms with E-state index in [9.17, 15) is 9.18 Å². The highest BCUT2D eigenvalue weighted by Crippen LogP contribution is 2.49. The van der Waals surface area contributed by atoms with E-state index >= 15 is 0 Å². The van der Waals surface area contributed by atoms with Crippen molar-refractivity contribution >= 4 is 5.91 Å². The van der Waals surface area contributed by atoms with Crippen LogP contribution in [0.3, 0.4) is 0 Å². The van der Waals surface area contributed by atoms with E-state index in [1.807, 2.05) is 36.4 Å². The lowest BCUT2D eigenvalue weighted by Gasteiger charge is -2.23. The molecule has 1 unspecified atom stereocenters. The van der Waals surface area contributed by atoms with Crippen LogP contribution in [-0.2, 0) is 10.2 Å². The molecule has 3 nitrogen and oxygen atoms in total. The van der Waals surface area contributed by atoms with Crippen LogP contribution in [-0.4, -0.2) is 17.6 Å². The molecule has 1 atom stereocenters. The average molecular weight is 327 g/mol. The zero-order chi connectivity index (χ0) is 17.0. The Morgan fingerprint density at radius 2 is 1.92 bits per heavy atom. The number of benzene rings is 2. The fourth-order valence-electron chi connectivity index (χ4n) is 3.16. The van der Waals surface area contributed by atoms with Gasteiger partial charge < -0.3 is 10.4 Å². The molecule has 2 aromatic rings. The van der Waals surface area contributed by atoms with Crippen LogP contribution in [0.25, 0.3) is 0 Å². The van der Waals surface area contributed by atoms with E-state index in [0.717, 1.165) is 24.0 Å². The topological polar surface area (TPSA) is 49.3 Å². The number of carbonyl (C=O) groups is 1. The number of hydrogen-bond donors (Lipinski definition) is 2. The van der Waals surface area contributed by atoms with Gasteiger partial charge in [-0.2, -0.15) is 0 Å². The van der Waals surface area contributed by atoms with E-state index < -0.39 is 5.41 Å². The van der Waals surface area contributed by atoms with Crippen molar-refractivity contribution < 1.29 is 14.3 Å². The molecule has 0 aromatic heterocycles. The summed E-state index contributed by atoms with van der Waals surface area (Å²) in [6, 6.07) is 15.9. The maximum absolute atomic E-state index is 13.5. The zero-order valence-corrected chi connectivity index (χ0v) is 13.5. The Labute approximate surface area is 141 Å². The summed E-state index contributed by atoms with van der Waals surface area (Å²) in [5, 5.41) is 12.2. The number of aliphatic hydroxyl groups excluding tert-OH is 1. The Balaban J connectivity index is 1.78. The number of nitrogens with one attached hydrogen (secondary N) is 1. The van der Waals surface area contributed by atoms with Crippen molar-refractivity contribution in [3.05, 3.63) is 71.5 Å². The molecule has 1 amide bonds. The van der Waals surface area contributed by atoms with Crippen LogP contribution < -0.4 is 5.32 Å². The Bertz CT molecular complexity index is 698. The lowest BCUT2D eigenvalue weighted by molar-refractivity contribution is -0.124. The molecule has 1 fully saturated rings. The third-order valence-electron chi connectivity index (χ3n) is 4.72. The molecule has 126 valence electrons. The first-order valence-electron chi connectivity index (χ1n) is 8.38. The second-order valence-corrected chi connectivity index (χ2v) is 6.40. The predicted molar refractivity (Wildman–Crippen MR) is 91.0 cm³/mol. The van der Waals surface area contributed by atoms with Crippen LogP contribution in [0.2, 0.25) is 0 Å². The molecule has 2 N–H and O–H groups in total. The summed E-state index contributed by atoms with van der Waals surface area (Å²) in [4.78, 5) is 12.9. The monoisotopic (exact) mass is 327 g/mol. The number of carbonyl (C=O) groups excluding carboxylic acids is 1. The van der Waals surface area contributed by atoms with Crippen molar-refractivity contribution in [2.75, 3.05) is 6.61 Å². The van der Waals surface area contributed by atoms with Crippen molar-refractivity contribution in [1.29, 1.82) is 0 Å². The highest BCUT2D eigenvalue weighted by Gasteiger charge is 2.51. The van der Waals surface area contributed by atoms with Crippen molar-refractivity contribution in [3.63, 3.8) is 0 Å². The van der Waals surface area contributed by atoms with Crippen molar-refractivity contribution in [2.24, 2.45) is 0 Å². The van der Waals surface area contributed by atoms with Crippen molar-refractivity contribution in [2.45, 2.75) is 37.1 Å². The lowest BCUT2D eigenvalue weighted by Crippen LogP contribution is -2.37. The smallest absolute Gasteiger partial charge is 0.231 e. The summed E-state index contributed by atoms with van der Waals surface area (Å²) >= 11 is 0. The van der Waals surface area contributed by atoms with Crippen LogP contribution in [0, 0.1) is 5.82 Å². The maximum atomic E-state index is 13.5. The molecule has 2 aromatic carbocycles. The summed E-state index contributed by atoms with van der Waals surface area (Å²) in [7, 11) is 0. The largest absolute Gasteiger partial charge is 0.396 e. The summed E-state index contributed by atoms with van der Waals surface area (Å²) in [5.74, 6) is -0.369. The van der Waals surface area contributed by atoms with Gasteiger partial charge in [0.15, 0.2) is 0 Å². The molecule has 0 saturated heterocycles. The zero-order valence-electron chi connectivity index (χ0n) is 13.5. The Hall–Kier alpha value is -2.20. The van der Waals surface area contributed by atoms with Gasteiger partial charge in [-0.1, -0.05) is 42.5 Å². The predicted octanol–water partition coefficient (Wildman–Crippen LogP) is 3.49. The highest BCUT2D eigenvalue weighted by molar-refractivity contribution is 5.91. The average Bonchev–Trinajstić information content (AvgIpc) is 3.41. The molecule has 0 radical (unpaired) electrons. The standard InChI is InChI=1S/C20H22FNO2/c21-17-9-4-8-16(14-17)20(11-12-20)19(24)22-18(10-5-13-23)15-6-2-1-3-7-15/h1-4,6-9,14,18,23H,5,10-13H2,(H,22,24). The van der Waals surface area contributed by atoms with Crippen LogP contribution in [0.15, 0.2) is 54.6 Å². The molecule has 3 rings (SSSR count). The Morgan fingerprint density at radius 3 is 2.54 bits per heavy atom. The molecule has 1 saturated carbocycles. The normalized spacial score (nSPS) is 16.4. The third-order valence-corrected chi connectivity index (χ3v) is 4.72. The van der Waals surface area contributed by atoms with Gasteiger partial charge in [0.2, 0.25) is 5.91 Å². The molecule has 1 aliphatic carbocycles. The van der Waals surface area contributed by atoms with Gasteiger partial charge in [0.05, 0.1) is 11.5 Å². The first-order valence-corrected chi connectivity index (χ1v) is 8.38. The third kappa shape index (κ3) is 3.49. The van der Waals surface area contributed by atoms with E-state index in [4.69, 9.17) is 5.11 Å². The first-order chi connectivity index (χ1) is 11.7. The van der Waals surface area contributed by atoms with Crippen molar-refractivity contribution in [1.82, 2.24) is 5.32 Å². The number of aliphatic hydroxyl groups is 1. The number of rotatable bonds is 7. The molecule has 0 heterocycles. The molecule has 24 heavy (non-hydrogen) atoms. The molecule has 0 bridgehead atoms. The van der Waals surface area contributed by atoms with Gasteiger partial charge in [-0.25, -0.2) is 4.39 Å². The lowest BCUT2D eigenvalue weighted by atomic mass is 9.93. The minimum absolute atomic E-state index is 0.0557. The van der Waals surface area contributed by atoms with Gasteiger partial charge in [0.1, 0.15) is 5.82 Å². The van der Waals surface area contributed by atoms with Crippen LogP contribution in [0.4, 0.5) is 4.39 Å². The quantitative estimate of drug-likeness (QED) is 0.818. The number of amides is 1. The number of halogens is 1. The van der Waals surface area contributed by atoms with Crippen LogP contribution in [0.5, 0.6) is 0 Å². The first kappa shape index (κ1) is 16.7. The highest BCUT2D eigenvalue weighted by atomic mass is 19.1. The number of hydrogen-bond acceptors (Lipinski definition) is 2. The minimum atomic E-state index is -0.603. The SMILES string of the molecule is O=C(NC(CCCO)c1ccccc1)C1(c2cccc(F)c2)CC1. The van der Waals surface area contributed by atoms with E-state index in [0.29, 0.717) is 12.8 Å². The van der Waals surface area contributed by atoms with Gasteiger partial charge in [0.25, 0.3) is 0 Å². The van der Waals surface area contributed by atoms with Crippen molar-refractivity contribution in [3.8, 4) is 0 Å². The summed E-state index contributed by atoms with van der Waals surface area (Å²) in [6.45, 7) is 0.0915. The Kier molecular flexibility index (Phi) is 4.95. The van der Waals surface area contributed by atoms with Gasteiger partial charge in [-0.3, -0.25) is 4.79 Å². The van der Waals surface area contributed by atoms with Crippen LogP contribution >= 0.6 is 0 Å². The summed E-state index contributed by atoms with van der Waals surface area (Å²) in [5.41, 5.74) is 1.16. The fourth-order valence-corrected chi connectivity index (χ4v) is 3.16. The molecular formula is C20H22FNO2. The van der Waals surface area contributed by atoms with E-state index in [-0.39, 0.29) is 24.4 Å². The van der Waals surface area contributed by atoms with E-state index in [1.165, 1.54) is 12.1 Å². The molecule has 0 aliphatic heterocycles. The minimum Gasteiger partial charge on any atom is -0.396 e. The molecular weight excluding hydrogens is 305 g/mol. The molecule has 0 spiro atoms. The van der Waals surface area contributed by atoms with E-state index in [2.05, 4.69) is 5.32 Å². The summed E-state index contributed by atoms with van der Waals surface area (Å²) in [6.07, 6.45) is 2.77.